The van der Waals surface area contributed by atoms with Gasteiger partial charge in [-0.05, 0) is 27.7 Å². The highest BCUT2D eigenvalue weighted by Gasteiger charge is 2.32. The number of carbonyl (C=O) groups is 1. The molecule has 0 aromatic heterocycles. The Labute approximate surface area is 114 Å². The third-order valence-corrected chi connectivity index (χ3v) is 2.03. The van der Waals surface area contributed by atoms with Crippen LogP contribution in [-0.4, -0.2) is 45.1 Å². The van der Waals surface area contributed by atoms with Gasteiger partial charge in [0.25, 0.3) is 5.97 Å². The molecule has 7 heteroatoms. The lowest BCUT2D eigenvalue weighted by Crippen LogP contribution is -2.41. The highest BCUT2D eigenvalue weighted by molar-refractivity contribution is 5.65. The molecule has 0 aliphatic carbocycles. The highest BCUT2D eigenvalue weighted by atomic mass is 16.9. The molecule has 0 heterocycles. The van der Waals surface area contributed by atoms with Gasteiger partial charge >= 0.3 is 6.09 Å². The largest absolute Gasteiger partial charge is 0.448 e. The van der Waals surface area contributed by atoms with Crippen molar-refractivity contribution in [3.63, 3.8) is 0 Å². The number of ether oxygens (including phenoxy) is 4. The van der Waals surface area contributed by atoms with Crippen molar-refractivity contribution in [3.8, 4) is 0 Å². The minimum atomic E-state index is -1.16. The molecule has 0 atom stereocenters. The molecule has 0 spiro atoms. The van der Waals surface area contributed by atoms with Gasteiger partial charge in [-0.3, -0.25) is 4.84 Å². The predicted molar refractivity (Wildman–Crippen MR) is 68.3 cm³/mol. The maximum Gasteiger partial charge on any atom is 0.431 e. The van der Waals surface area contributed by atoms with E-state index in [1.807, 2.05) is 20.8 Å². The van der Waals surface area contributed by atoms with Gasteiger partial charge in [0.1, 0.15) is 6.61 Å². The standard InChI is InChI=1S/C12H25NO6/c1-5-16-12(17-6-2,18-7-3)9-10-15-11(14)13-19-8-4/h5-10H2,1-4H3,(H,13,14). The summed E-state index contributed by atoms with van der Waals surface area (Å²) in [5.41, 5.74) is 2.13. The average Bonchev–Trinajstić information content (AvgIpc) is 2.37. The minimum Gasteiger partial charge on any atom is -0.448 e. The molecule has 1 amide bonds. The van der Waals surface area contributed by atoms with Crippen LogP contribution in [0.3, 0.4) is 0 Å². The quantitative estimate of drug-likeness (QED) is 0.459. The molecule has 0 aromatic carbocycles. The molecule has 0 unspecified atom stereocenters. The predicted octanol–water partition coefficient (Wildman–Crippen LogP) is 1.82. The average molecular weight is 279 g/mol. The first-order valence-corrected chi connectivity index (χ1v) is 6.60. The first kappa shape index (κ1) is 18.1. The van der Waals surface area contributed by atoms with Crippen LogP contribution >= 0.6 is 0 Å². The third kappa shape index (κ3) is 7.99. The van der Waals surface area contributed by atoms with Crippen molar-refractivity contribution in [2.45, 2.75) is 40.1 Å². The maximum atomic E-state index is 11.2. The Morgan fingerprint density at radius 2 is 1.47 bits per heavy atom. The van der Waals surface area contributed by atoms with Crippen molar-refractivity contribution in [3.05, 3.63) is 0 Å². The van der Waals surface area contributed by atoms with Crippen LogP contribution in [0.4, 0.5) is 4.79 Å². The van der Waals surface area contributed by atoms with Crippen molar-refractivity contribution in [2.75, 3.05) is 33.0 Å². The van der Waals surface area contributed by atoms with Gasteiger partial charge in [-0.1, -0.05) is 0 Å². The topological polar surface area (TPSA) is 75.3 Å². The fourth-order valence-corrected chi connectivity index (χ4v) is 1.43. The van der Waals surface area contributed by atoms with Gasteiger partial charge < -0.3 is 18.9 Å². The van der Waals surface area contributed by atoms with Crippen LogP contribution in [-0.2, 0) is 23.8 Å². The molecule has 0 rings (SSSR count). The monoisotopic (exact) mass is 279 g/mol. The van der Waals surface area contributed by atoms with Gasteiger partial charge in [0.15, 0.2) is 0 Å². The van der Waals surface area contributed by atoms with Crippen molar-refractivity contribution >= 4 is 6.09 Å². The minimum absolute atomic E-state index is 0.0961. The Hall–Kier alpha value is -0.890. The summed E-state index contributed by atoms with van der Waals surface area (Å²) in [6, 6.07) is 0. The van der Waals surface area contributed by atoms with E-state index in [1.165, 1.54) is 0 Å². The second kappa shape index (κ2) is 11.0. The molecule has 0 aliphatic heterocycles. The first-order valence-electron chi connectivity index (χ1n) is 6.60. The van der Waals surface area contributed by atoms with E-state index in [1.54, 1.807) is 6.92 Å². The van der Waals surface area contributed by atoms with Crippen LogP contribution in [0.5, 0.6) is 0 Å². The molecule has 0 fully saturated rings. The number of hydrogen-bond acceptors (Lipinski definition) is 6. The van der Waals surface area contributed by atoms with Crippen LogP contribution in [0, 0.1) is 0 Å². The molecule has 0 saturated heterocycles. The highest BCUT2D eigenvalue weighted by Crippen LogP contribution is 2.20. The summed E-state index contributed by atoms with van der Waals surface area (Å²) in [4.78, 5) is 15.9. The van der Waals surface area contributed by atoms with Gasteiger partial charge in [0.05, 0.1) is 13.0 Å². The molecule has 0 aliphatic rings. The Morgan fingerprint density at radius 1 is 0.947 bits per heavy atom. The summed E-state index contributed by atoms with van der Waals surface area (Å²) in [5, 5.41) is 0. The molecule has 0 aromatic rings. The molecule has 0 saturated carbocycles. The van der Waals surface area contributed by atoms with E-state index in [-0.39, 0.29) is 13.0 Å². The molecule has 0 bridgehead atoms. The molecule has 114 valence electrons. The number of hydrogen-bond donors (Lipinski definition) is 1. The van der Waals surface area contributed by atoms with Crippen LogP contribution in [0.1, 0.15) is 34.1 Å². The second-order valence-electron chi connectivity index (χ2n) is 3.40. The van der Waals surface area contributed by atoms with E-state index in [4.69, 9.17) is 23.8 Å². The SMILES string of the molecule is CCONC(=O)OCCC(OCC)(OCC)OCC. The van der Waals surface area contributed by atoms with E-state index in [0.717, 1.165) is 0 Å². The number of rotatable bonds is 11. The zero-order valence-corrected chi connectivity index (χ0v) is 12.2. The Balaban J connectivity index is 4.19. The lowest BCUT2D eigenvalue weighted by atomic mass is 10.3. The van der Waals surface area contributed by atoms with E-state index < -0.39 is 12.1 Å². The van der Waals surface area contributed by atoms with E-state index in [0.29, 0.717) is 26.4 Å². The summed E-state index contributed by atoms with van der Waals surface area (Å²) in [6.07, 6.45) is -0.373. The van der Waals surface area contributed by atoms with Crippen LogP contribution in [0.2, 0.25) is 0 Å². The lowest BCUT2D eigenvalue weighted by molar-refractivity contribution is -0.381. The summed E-state index contributed by atoms with van der Waals surface area (Å²) in [7, 11) is 0. The van der Waals surface area contributed by atoms with Crippen molar-refractivity contribution in [1.82, 2.24) is 5.48 Å². The smallest absolute Gasteiger partial charge is 0.431 e. The molecular formula is C12H25NO6. The van der Waals surface area contributed by atoms with Crippen LogP contribution in [0.15, 0.2) is 0 Å². The zero-order valence-electron chi connectivity index (χ0n) is 12.2. The van der Waals surface area contributed by atoms with Gasteiger partial charge in [-0.15, -0.1) is 0 Å². The number of carbonyl (C=O) groups excluding carboxylic acids is 1. The Bertz CT molecular complexity index is 219. The van der Waals surface area contributed by atoms with Gasteiger partial charge in [0, 0.05) is 19.8 Å². The van der Waals surface area contributed by atoms with Gasteiger partial charge in [-0.25, -0.2) is 4.79 Å². The van der Waals surface area contributed by atoms with E-state index in [9.17, 15) is 4.79 Å². The summed E-state index contributed by atoms with van der Waals surface area (Å²) < 4.78 is 21.4. The number of nitrogens with one attached hydrogen (secondary N) is 1. The molecule has 7 nitrogen and oxygen atoms in total. The van der Waals surface area contributed by atoms with E-state index >= 15 is 0 Å². The number of hydroxylamine groups is 1. The summed E-state index contributed by atoms with van der Waals surface area (Å²) in [6.45, 7) is 9.06. The number of amides is 1. The molecule has 19 heavy (non-hydrogen) atoms. The molecule has 1 N–H and O–H groups in total. The lowest BCUT2D eigenvalue weighted by Gasteiger charge is -2.32. The maximum absolute atomic E-state index is 11.2. The summed E-state index contributed by atoms with van der Waals surface area (Å²) >= 11 is 0. The fraction of sp³-hybridized carbons (Fsp3) is 0.917. The van der Waals surface area contributed by atoms with Gasteiger partial charge in [-0.2, -0.15) is 5.48 Å². The van der Waals surface area contributed by atoms with Crippen molar-refractivity contribution < 1.29 is 28.6 Å². The van der Waals surface area contributed by atoms with Crippen LogP contribution < -0.4 is 5.48 Å². The summed E-state index contributed by atoms with van der Waals surface area (Å²) in [5.74, 6) is -1.16. The Kier molecular flexibility index (Phi) is 10.5. The zero-order chi connectivity index (χ0) is 14.6. The first-order chi connectivity index (χ1) is 9.14. The van der Waals surface area contributed by atoms with Crippen molar-refractivity contribution in [1.29, 1.82) is 0 Å². The van der Waals surface area contributed by atoms with Gasteiger partial charge in [0.2, 0.25) is 0 Å². The second-order valence-corrected chi connectivity index (χ2v) is 3.40. The molecular weight excluding hydrogens is 254 g/mol. The molecule has 0 radical (unpaired) electrons. The normalized spacial score (nSPS) is 11.4. The van der Waals surface area contributed by atoms with Crippen molar-refractivity contribution in [2.24, 2.45) is 0 Å². The fourth-order valence-electron chi connectivity index (χ4n) is 1.43. The van der Waals surface area contributed by atoms with E-state index in [2.05, 4.69) is 5.48 Å². The van der Waals surface area contributed by atoms with Crippen LogP contribution in [0.25, 0.3) is 0 Å². The third-order valence-electron chi connectivity index (χ3n) is 2.03. The Morgan fingerprint density at radius 3 is 1.89 bits per heavy atom.